The number of carbonyl (C=O) groups excluding carboxylic acids is 1. The van der Waals surface area contributed by atoms with E-state index in [9.17, 15) is 4.79 Å². The maximum absolute atomic E-state index is 13.2. The standard InChI is InChI=1S/C23H22N6OS/c1-15-4-2-5-16(12-15)27-23(30)19-13-24-9-10-29(19)22-21-18(25-14-26-22)8-7-17(28-21)20-6-3-11-31-20/h2-8,11-12,14,19,24H,9-10,13H2,1H3,(H,27,30). The number of piperazine rings is 1. The lowest BCUT2D eigenvalue weighted by Crippen LogP contribution is -2.57. The van der Waals surface area contributed by atoms with Crippen molar-refractivity contribution >= 4 is 39.8 Å². The predicted octanol–water partition coefficient (Wildman–Crippen LogP) is 3.48. The summed E-state index contributed by atoms with van der Waals surface area (Å²) in [5.74, 6) is 0.619. The third kappa shape index (κ3) is 3.99. The number of rotatable bonds is 4. The second-order valence-electron chi connectivity index (χ2n) is 7.51. The lowest BCUT2D eigenvalue weighted by atomic mass is 10.1. The predicted molar refractivity (Wildman–Crippen MR) is 124 cm³/mol. The monoisotopic (exact) mass is 430 g/mol. The molecule has 1 aliphatic rings. The Labute approximate surface area is 184 Å². The van der Waals surface area contributed by atoms with E-state index in [0.717, 1.165) is 33.9 Å². The average molecular weight is 431 g/mol. The molecule has 0 saturated carbocycles. The Morgan fingerprint density at radius 2 is 2.13 bits per heavy atom. The molecule has 8 heteroatoms. The van der Waals surface area contributed by atoms with Crippen molar-refractivity contribution in [3.8, 4) is 10.6 Å². The number of thiophene rings is 1. The number of hydrogen-bond donors (Lipinski definition) is 2. The van der Waals surface area contributed by atoms with Gasteiger partial charge in [0.15, 0.2) is 5.82 Å². The molecule has 4 aromatic rings. The van der Waals surface area contributed by atoms with Gasteiger partial charge in [0.1, 0.15) is 17.9 Å². The van der Waals surface area contributed by atoms with Crippen LogP contribution in [-0.4, -0.2) is 46.5 Å². The summed E-state index contributed by atoms with van der Waals surface area (Å²) in [7, 11) is 0. The zero-order valence-corrected chi connectivity index (χ0v) is 17.9. The van der Waals surface area contributed by atoms with Gasteiger partial charge in [-0.25, -0.2) is 15.0 Å². The van der Waals surface area contributed by atoms with Gasteiger partial charge in [0.05, 0.1) is 16.1 Å². The molecule has 1 atom stereocenters. The molecular weight excluding hydrogens is 408 g/mol. The molecule has 156 valence electrons. The van der Waals surface area contributed by atoms with Gasteiger partial charge in [-0.2, -0.15) is 0 Å². The van der Waals surface area contributed by atoms with Crippen LogP contribution in [-0.2, 0) is 4.79 Å². The number of anilines is 2. The molecule has 3 aromatic heterocycles. The molecule has 1 aromatic carbocycles. The molecule has 0 bridgehead atoms. The van der Waals surface area contributed by atoms with Crippen molar-refractivity contribution in [1.29, 1.82) is 0 Å². The Bertz CT molecular complexity index is 1230. The smallest absolute Gasteiger partial charge is 0.248 e. The van der Waals surface area contributed by atoms with Crippen LogP contribution in [0.25, 0.3) is 21.6 Å². The first-order valence-corrected chi connectivity index (χ1v) is 11.1. The first-order chi connectivity index (χ1) is 15.2. The van der Waals surface area contributed by atoms with Gasteiger partial charge in [0, 0.05) is 25.3 Å². The second-order valence-corrected chi connectivity index (χ2v) is 8.46. The minimum atomic E-state index is -0.403. The summed E-state index contributed by atoms with van der Waals surface area (Å²) in [6.07, 6.45) is 1.54. The summed E-state index contributed by atoms with van der Waals surface area (Å²) in [5.41, 5.74) is 4.25. The van der Waals surface area contributed by atoms with Crippen LogP contribution in [0.15, 0.2) is 60.2 Å². The van der Waals surface area contributed by atoms with E-state index in [-0.39, 0.29) is 5.91 Å². The minimum absolute atomic E-state index is 0.0704. The molecule has 1 aliphatic heterocycles. The molecule has 0 spiro atoms. The van der Waals surface area contributed by atoms with Crippen LogP contribution in [0, 0.1) is 6.92 Å². The van der Waals surface area contributed by atoms with Crippen LogP contribution >= 0.6 is 11.3 Å². The fourth-order valence-electron chi connectivity index (χ4n) is 3.84. The SMILES string of the molecule is Cc1cccc(NC(=O)C2CNCCN2c2ncnc3ccc(-c4cccs4)nc23)c1. The average Bonchev–Trinajstić information content (AvgIpc) is 3.33. The van der Waals surface area contributed by atoms with Crippen LogP contribution in [0.2, 0.25) is 0 Å². The molecule has 1 fully saturated rings. The van der Waals surface area contributed by atoms with Gasteiger partial charge >= 0.3 is 0 Å². The maximum Gasteiger partial charge on any atom is 0.248 e. The number of carbonyl (C=O) groups is 1. The number of benzene rings is 1. The number of nitrogens with one attached hydrogen (secondary N) is 2. The second kappa shape index (κ2) is 8.41. The molecule has 0 aliphatic carbocycles. The van der Waals surface area contributed by atoms with E-state index in [1.54, 1.807) is 17.7 Å². The Kier molecular flexibility index (Phi) is 5.31. The topological polar surface area (TPSA) is 83.0 Å². The van der Waals surface area contributed by atoms with E-state index < -0.39 is 6.04 Å². The van der Waals surface area contributed by atoms with Crippen molar-refractivity contribution in [3.05, 3.63) is 65.8 Å². The first kappa shape index (κ1) is 19.6. The number of fused-ring (bicyclic) bond motifs is 1. The Balaban J connectivity index is 1.51. The number of nitrogens with zero attached hydrogens (tertiary/aromatic N) is 4. The van der Waals surface area contributed by atoms with Crippen LogP contribution in [0.4, 0.5) is 11.5 Å². The van der Waals surface area contributed by atoms with E-state index in [4.69, 9.17) is 4.98 Å². The highest BCUT2D eigenvalue weighted by atomic mass is 32.1. The van der Waals surface area contributed by atoms with Crippen molar-refractivity contribution in [2.75, 3.05) is 29.9 Å². The van der Waals surface area contributed by atoms with E-state index in [2.05, 4.69) is 20.6 Å². The fourth-order valence-corrected chi connectivity index (χ4v) is 4.53. The Morgan fingerprint density at radius 1 is 1.19 bits per heavy atom. The number of amides is 1. The minimum Gasteiger partial charge on any atom is -0.340 e. The molecule has 1 amide bonds. The highest BCUT2D eigenvalue weighted by molar-refractivity contribution is 7.13. The van der Waals surface area contributed by atoms with Gasteiger partial charge in [0.2, 0.25) is 5.91 Å². The third-order valence-electron chi connectivity index (χ3n) is 5.34. The van der Waals surface area contributed by atoms with Crippen molar-refractivity contribution in [2.24, 2.45) is 0 Å². The number of hydrogen-bond acceptors (Lipinski definition) is 7. The molecule has 7 nitrogen and oxygen atoms in total. The molecule has 0 radical (unpaired) electrons. The quantitative estimate of drug-likeness (QED) is 0.516. The van der Waals surface area contributed by atoms with Crippen molar-refractivity contribution in [1.82, 2.24) is 20.3 Å². The van der Waals surface area contributed by atoms with Gasteiger partial charge in [-0.1, -0.05) is 18.2 Å². The molecule has 1 saturated heterocycles. The van der Waals surface area contributed by atoms with Crippen molar-refractivity contribution < 1.29 is 4.79 Å². The lowest BCUT2D eigenvalue weighted by Gasteiger charge is -2.36. The molecular formula is C23H22N6OS. The van der Waals surface area contributed by atoms with E-state index in [1.807, 2.05) is 65.7 Å². The lowest BCUT2D eigenvalue weighted by molar-refractivity contribution is -0.117. The van der Waals surface area contributed by atoms with Crippen molar-refractivity contribution in [3.63, 3.8) is 0 Å². The van der Waals surface area contributed by atoms with Gasteiger partial charge in [0.25, 0.3) is 0 Å². The molecule has 4 heterocycles. The van der Waals surface area contributed by atoms with E-state index in [1.165, 1.54) is 0 Å². The highest BCUT2D eigenvalue weighted by Crippen LogP contribution is 2.29. The molecule has 1 unspecified atom stereocenters. The van der Waals surface area contributed by atoms with Crippen LogP contribution in [0.5, 0.6) is 0 Å². The van der Waals surface area contributed by atoms with E-state index in [0.29, 0.717) is 24.4 Å². The van der Waals surface area contributed by atoms with Gasteiger partial charge in [-0.15, -0.1) is 11.3 Å². The van der Waals surface area contributed by atoms with Crippen LogP contribution < -0.4 is 15.5 Å². The highest BCUT2D eigenvalue weighted by Gasteiger charge is 2.31. The summed E-state index contributed by atoms with van der Waals surface area (Å²) >= 11 is 1.64. The number of aryl methyl sites for hydroxylation is 1. The first-order valence-electron chi connectivity index (χ1n) is 10.2. The number of pyridine rings is 1. The number of aromatic nitrogens is 3. The summed E-state index contributed by atoms with van der Waals surface area (Å²) in [6, 6.07) is 15.4. The zero-order valence-electron chi connectivity index (χ0n) is 17.1. The molecule has 2 N–H and O–H groups in total. The Morgan fingerprint density at radius 3 is 2.97 bits per heavy atom. The van der Waals surface area contributed by atoms with Crippen LogP contribution in [0.1, 0.15) is 5.56 Å². The summed E-state index contributed by atoms with van der Waals surface area (Å²) in [6.45, 7) is 3.97. The third-order valence-corrected chi connectivity index (χ3v) is 6.23. The molecule has 31 heavy (non-hydrogen) atoms. The maximum atomic E-state index is 13.2. The Hall–Kier alpha value is -3.36. The van der Waals surface area contributed by atoms with Gasteiger partial charge in [-0.3, -0.25) is 4.79 Å². The van der Waals surface area contributed by atoms with Crippen molar-refractivity contribution in [2.45, 2.75) is 13.0 Å². The fraction of sp³-hybridized carbons (Fsp3) is 0.217. The zero-order chi connectivity index (χ0) is 21.2. The van der Waals surface area contributed by atoms with E-state index >= 15 is 0 Å². The largest absolute Gasteiger partial charge is 0.340 e. The van der Waals surface area contributed by atoms with Crippen LogP contribution in [0.3, 0.4) is 0 Å². The normalized spacial score (nSPS) is 16.4. The van der Waals surface area contributed by atoms with Gasteiger partial charge < -0.3 is 15.5 Å². The summed E-state index contributed by atoms with van der Waals surface area (Å²) in [5, 5.41) is 8.41. The summed E-state index contributed by atoms with van der Waals surface area (Å²) in [4.78, 5) is 30.1. The molecule has 5 rings (SSSR count). The van der Waals surface area contributed by atoms with Gasteiger partial charge in [-0.05, 0) is 48.2 Å². The summed E-state index contributed by atoms with van der Waals surface area (Å²) < 4.78 is 0.